The van der Waals surface area contributed by atoms with E-state index in [2.05, 4.69) is 78.2 Å². The van der Waals surface area contributed by atoms with E-state index in [-0.39, 0.29) is 6.04 Å². The lowest BCUT2D eigenvalue weighted by molar-refractivity contribution is 0.408. The fourth-order valence-corrected chi connectivity index (χ4v) is 5.09. The molecule has 4 rings (SSSR count). The molecule has 33 heavy (non-hydrogen) atoms. The zero-order valence-electron chi connectivity index (χ0n) is 20.2. The summed E-state index contributed by atoms with van der Waals surface area (Å²) in [6.07, 6.45) is 0. The van der Waals surface area contributed by atoms with E-state index in [1.165, 1.54) is 21.6 Å². The van der Waals surface area contributed by atoms with Gasteiger partial charge in [0.05, 0.1) is 18.7 Å². The van der Waals surface area contributed by atoms with E-state index in [9.17, 15) is 0 Å². The number of nitrogens with one attached hydrogen (secondary N) is 2. The topological polar surface area (TPSA) is 59.1 Å². The Bertz CT molecular complexity index is 1260. The second kappa shape index (κ2) is 9.89. The Hall–Kier alpha value is -2.96. The minimum absolute atomic E-state index is 0.113. The molecule has 0 spiro atoms. The third-order valence-corrected chi connectivity index (χ3v) is 6.99. The number of fused-ring (bicyclic) bond motifs is 1. The molecule has 0 saturated heterocycles. The zero-order chi connectivity index (χ0) is 23.5. The van der Waals surface area contributed by atoms with E-state index in [4.69, 9.17) is 9.72 Å². The van der Waals surface area contributed by atoms with Crippen LogP contribution in [0.2, 0.25) is 0 Å². The van der Waals surface area contributed by atoms with Gasteiger partial charge in [0.25, 0.3) is 0 Å². The van der Waals surface area contributed by atoms with Gasteiger partial charge < -0.3 is 15.4 Å². The number of ether oxygens (including phenoxy) is 1. The number of methoxy groups -OCH3 is 1. The number of anilines is 1. The summed E-state index contributed by atoms with van der Waals surface area (Å²) < 4.78 is 5.63. The number of nitrogens with zero attached hydrogens (tertiary/aromatic N) is 2. The van der Waals surface area contributed by atoms with Crippen molar-refractivity contribution in [2.45, 2.75) is 46.2 Å². The Kier molecular flexibility index (Phi) is 6.96. The van der Waals surface area contributed by atoms with E-state index in [1.807, 2.05) is 20.0 Å². The van der Waals surface area contributed by atoms with Crippen molar-refractivity contribution in [1.82, 2.24) is 15.3 Å². The van der Waals surface area contributed by atoms with Gasteiger partial charge in [-0.15, -0.1) is 11.3 Å². The molecule has 0 aliphatic carbocycles. The van der Waals surface area contributed by atoms with Crippen LogP contribution in [-0.2, 0) is 6.54 Å². The molecular weight excluding hydrogens is 428 g/mol. The maximum Gasteiger partial charge on any atom is 0.138 e. The van der Waals surface area contributed by atoms with Gasteiger partial charge in [-0.2, -0.15) is 0 Å². The number of aryl methyl sites for hydroxylation is 1. The Balaban J connectivity index is 1.67. The molecule has 2 heterocycles. The molecule has 2 N–H and O–H groups in total. The third kappa shape index (κ3) is 4.87. The summed E-state index contributed by atoms with van der Waals surface area (Å²) in [6.45, 7) is 9.31. The fourth-order valence-electron chi connectivity index (χ4n) is 4.17. The highest BCUT2D eigenvalue weighted by Crippen LogP contribution is 2.36. The molecule has 2 aromatic carbocycles. The molecule has 172 valence electrons. The summed E-state index contributed by atoms with van der Waals surface area (Å²) in [5.41, 5.74) is 5.89. The van der Waals surface area contributed by atoms with E-state index >= 15 is 0 Å². The molecule has 4 aromatic rings. The summed E-state index contributed by atoms with van der Waals surface area (Å²) >= 11 is 1.78. The minimum atomic E-state index is 0.113. The van der Waals surface area contributed by atoms with Crippen LogP contribution in [0.3, 0.4) is 0 Å². The fraction of sp³-hybridized carbons (Fsp3) is 0.333. The SMILES string of the molecule is CNCc1ccccc1-c1csc([C@@H](C)Nc2nc(C)nc3cc(OC)c(C(C)C)cc23)c1. The van der Waals surface area contributed by atoms with Gasteiger partial charge in [0.1, 0.15) is 17.4 Å². The molecular formula is C27H32N4OS. The van der Waals surface area contributed by atoms with Crippen LogP contribution in [0.5, 0.6) is 5.75 Å². The Labute approximate surface area is 200 Å². The van der Waals surface area contributed by atoms with Crippen LogP contribution < -0.4 is 15.4 Å². The third-order valence-electron chi connectivity index (χ3n) is 5.88. The quantitative estimate of drug-likeness (QED) is 0.307. The first kappa shape index (κ1) is 23.2. The summed E-state index contributed by atoms with van der Waals surface area (Å²) in [6, 6.07) is 15.2. The Morgan fingerprint density at radius 1 is 1.06 bits per heavy atom. The molecule has 6 heteroatoms. The highest BCUT2D eigenvalue weighted by atomic mass is 32.1. The lowest BCUT2D eigenvalue weighted by Gasteiger charge is -2.18. The summed E-state index contributed by atoms with van der Waals surface area (Å²) in [7, 11) is 3.70. The molecule has 0 radical (unpaired) electrons. The molecule has 1 atom stereocenters. The van der Waals surface area contributed by atoms with Crippen LogP contribution in [-0.4, -0.2) is 24.1 Å². The van der Waals surface area contributed by atoms with Crippen LogP contribution in [0.1, 0.15) is 54.6 Å². The van der Waals surface area contributed by atoms with Crippen LogP contribution >= 0.6 is 11.3 Å². The molecule has 0 saturated carbocycles. The molecule has 0 bridgehead atoms. The lowest BCUT2D eigenvalue weighted by atomic mass is 9.99. The van der Waals surface area contributed by atoms with E-state index < -0.39 is 0 Å². The van der Waals surface area contributed by atoms with Gasteiger partial charge in [0.2, 0.25) is 0 Å². The van der Waals surface area contributed by atoms with Crippen LogP contribution in [0.15, 0.2) is 47.8 Å². The van der Waals surface area contributed by atoms with Crippen molar-refractivity contribution in [3.63, 3.8) is 0 Å². The number of thiophene rings is 1. The predicted octanol–water partition coefficient (Wildman–Crippen LogP) is 6.69. The van der Waals surface area contributed by atoms with Crippen molar-refractivity contribution in [3.05, 3.63) is 69.7 Å². The largest absolute Gasteiger partial charge is 0.496 e. The first-order valence-electron chi connectivity index (χ1n) is 11.3. The van der Waals surface area contributed by atoms with Gasteiger partial charge in [0.15, 0.2) is 0 Å². The van der Waals surface area contributed by atoms with Gasteiger partial charge in [-0.3, -0.25) is 0 Å². The number of rotatable bonds is 8. The first-order chi connectivity index (χ1) is 15.9. The van der Waals surface area contributed by atoms with E-state index in [0.717, 1.165) is 40.4 Å². The molecule has 0 aliphatic rings. The van der Waals surface area contributed by atoms with E-state index in [0.29, 0.717) is 5.92 Å². The maximum absolute atomic E-state index is 5.63. The average molecular weight is 461 g/mol. The van der Waals surface area contributed by atoms with Crippen LogP contribution in [0.25, 0.3) is 22.0 Å². The minimum Gasteiger partial charge on any atom is -0.496 e. The highest BCUT2D eigenvalue weighted by molar-refractivity contribution is 7.10. The number of benzene rings is 2. The molecule has 2 aromatic heterocycles. The molecule has 5 nitrogen and oxygen atoms in total. The van der Waals surface area contributed by atoms with Crippen LogP contribution in [0, 0.1) is 6.92 Å². The van der Waals surface area contributed by atoms with Crippen molar-refractivity contribution in [3.8, 4) is 16.9 Å². The highest BCUT2D eigenvalue weighted by Gasteiger charge is 2.17. The molecule has 0 fully saturated rings. The van der Waals surface area contributed by atoms with Crippen LogP contribution in [0.4, 0.5) is 5.82 Å². The van der Waals surface area contributed by atoms with Crippen molar-refractivity contribution in [2.24, 2.45) is 0 Å². The lowest BCUT2D eigenvalue weighted by Crippen LogP contribution is -2.09. The summed E-state index contributed by atoms with van der Waals surface area (Å²) in [5.74, 6) is 2.82. The van der Waals surface area contributed by atoms with Gasteiger partial charge >= 0.3 is 0 Å². The summed E-state index contributed by atoms with van der Waals surface area (Å²) in [4.78, 5) is 10.7. The van der Waals surface area contributed by atoms with Gasteiger partial charge in [-0.25, -0.2) is 9.97 Å². The van der Waals surface area contributed by atoms with Crippen molar-refractivity contribution in [2.75, 3.05) is 19.5 Å². The monoisotopic (exact) mass is 460 g/mol. The molecule has 0 amide bonds. The van der Waals surface area contributed by atoms with Crippen molar-refractivity contribution < 1.29 is 4.74 Å². The molecule has 0 aliphatic heterocycles. The van der Waals surface area contributed by atoms with Gasteiger partial charge in [0, 0.05) is 22.9 Å². The second-order valence-electron chi connectivity index (χ2n) is 8.68. The van der Waals surface area contributed by atoms with Crippen molar-refractivity contribution >= 4 is 28.1 Å². The second-order valence-corrected chi connectivity index (χ2v) is 9.62. The number of hydrogen-bond donors (Lipinski definition) is 2. The standard InChI is InChI=1S/C27H32N4OS/c1-16(2)22-12-23-24(13-25(22)32-6)30-18(4)31-27(23)29-17(3)26-11-20(15-33-26)21-10-8-7-9-19(21)14-28-5/h7-13,15-17,28H,14H2,1-6H3,(H,29,30,31)/t17-/m1/s1. The smallest absolute Gasteiger partial charge is 0.138 e. The van der Waals surface area contributed by atoms with Gasteiger partial charge in [-0.1, -0.05) is 38.1 Å². The Morgan fingerprint density at radius 2 is 1.85 bits per heavy atom. The predicted molar refractivity (Wildman–Crippen MR) is 139 cm³/mol. The normalized spacial score (nSPS) is 12.3. The number of aromatic nitrogens is 2. The summed E-state index contributed by atoms with van der Waals surface area (Å²) in [5, 5.41) is 10.2. The maximum atomic E-state index is 5.63. The van der Waals surface area contributed by atoms with Crippen molar-refractivity contribution in [1.29, 1.82) is 0 Å². The Morgan fingerprint density at radius 3 is 2.58 bits per heavy atom. The zero-order valence-corrected chi connectivity index (χ0v) is 21.0. The number of hydrogen-bond acceptors (Lipinski definition) is 6. The van der Waals surface area contributed by atoms with Gasteiger partial charge in [-0.05, 0) is 66.6 Å². The molecule has 0 unspecified atom stereocenters. The van der Waals surface area contributed by atoms with E-state index in [1.54, 1.807) is 18.4 Å². The average Bonchev–Trinajstić information content (AvgIpc) is 3.29. The first-order valence-corrected chi connectivity index (χ1v) is 12.2.